The van der Waals surface area contributed by atoms with Gasteiger partial charge >= 0.3 is 12.3 Å². The lowest BCUT2D eigenvalue weighted by Crippen LogP contribution is -2.38. The Morgan fingerprint density at radius 2 is 1.20 bits per heavy atom. The summed E-state index contributed by atoms with van der Waals surface area (Å²) in [5, 5.41) is 0. The van der Waals surface area contributed by atoms with Crippen molar-refractivity contribution >= 4 is 6.08 Å². The summed E-state index contributed by atoms with van der Waals surface area (Å²) in [7, 11) is 0. The van der Waals surface area contributed by atoms with Crippen LogP contribution in [0.5, 0.6) is 5.75 Å². The molecule has 0 saturated heterocycles. The Balaban J connectivity index is 1.11. The Kier molecular flexibility index (Phi) is 10.0. The van der Waals surface area contributed by atoms with Gasteiger partial charge < -0.3 is 4.74 Å². The molecule has 3 aliphatic carbocycles. The van der Waals surface area contributed by atoms with E-state index in [-0.39, 0.29) is 42.6 Å². The van der Waals surface area contributed by atoms with Crippen molar-refractivity contribution in [3.8, 4) is 5.75 Å². The molecule has 5 rings (SSSR count). The highest BCUT2D eigenvalue weighted by Crippen LogP contribution is 2.47. The zero-order valence-electron chi connectivity index (χ0n) is 24.9. The minimum absolute atomic E-state index is 0.112. The van der Waals surface area contributed by atoms with Gasteiger partial charge in [0.1, 0.15) is 23.2 Å². The fourth-order valence-electron chi connectivity index (χ4n) is 7.75. The summed E-state index contributed by atoms with van der Waals surface area (Å²) >= 11 is 0. The summed E-state index contributed by atoms with van der Waals surface area (Å²) in [6.45, 7) is 2.27. The number of rotatable bonds is 7. The largest absolute Gasteiger partial charge is 0.432 e. The van der Waals surface area contributed by atoms with Gasteiger partial charge in [-0.3, -0.25) is 0 Å². The lowest BCUT2D eigenvalue weighted by molar-refractivity contribution is -0.224. The monoisotopic (exact) mass is 628 g/mol. The van der Waals surface area contributed by atoms with E-state index in [1.54, 1.807) is 6.07 Å². The zero-order valence-corrected chi connectivity index (χ0v) is 24.9. The van der Waals surface area contributed by atoms with Gasteiger partial charge in [-0.05, 0) is 117 Å². The van der Waals surface area contributed by atoms with Crippen molar-refractivity contribution < 1.29 is 39.9 Å². The van der Waals surface area contributed by atoms with Crippen molar-refractivity contribution in [2.24, 2.45) is 23.7 Å². The van der Waals surface area contributed by atoms with E-state index in [9.17, 15) is 22.0 Å². The van der Waals surface area contributed by atoms with Crippen molar-refractivity contribution in [1.29, 1.82) is 0 Å². The first-order valence-electron chi connectivity index (χ1n) is 15.9. The first-order chi connectivity index (χ1) is 20.8. The van der Waals surface area contributed by atoms with Crippen LogP contribution >= 0.6 is 0 Å². The van der Waals surface area contributed by atoms with Crippen LogP contribution in [0.3, 0.4) is 0 Å². The second-order valence-corrected chi connectivity index (χ2v) is 13.3. The maximum absolute atomic E-state index is 15.2. The molecule has 44 heavy (non-hydrogen) atoms. The van der Waals surface area contributed by atoms with Crippen molar-refractivity contribution in [3.63, 3.8) is 0 Å². The first kappa shape index (κ1) is 32.8. The lowest BCUT2D eigenvalue weighted by atomic mass is 9.68. The smallest absolute Gasteiger partial charge is 0.409 e. The van der Waals surface area contributed by atoms with Gasteiger partial charge in [-0.25, -0.2) is 13.2 Å². The molecule has 0 spiro atoms. The Bertz CT molecular complexity index is 1270. The topological polar surface area (TPSA) is 9.23 Å². The van der Waals surface area contributed by atoms with Gasteiger partial charge in [-0.1, -0.05) is 31.9 Å². The molecule has 2 aromatic carbocycles. The summed E-state index contributed by atoms with van der Waals surface area (Å²) in [5.41, 5.74) is 0.908. The Morgan fingerprint density at radius 3 is 1.75 bits per heavy atom. The zero-order chi connectivity index (χ0) is 31.6. The molecule has 0 radical (unpaired) electrons. The van der Waals surface area contributed by atoms with Crippen LogP contribution < -0.4 is 4.74 Å². The number of alkyl halides is 5. The van der Waals surface area contributed by atoms with Crippen molar-refractivity contribution in [3.05, 3.63) is 70.5 Å². The highest BCUT2D eigenvalue weighted by molar-refractivity contribution is 5.53. The quantitative estimate of drug-likeness (QED) is 0.277. The molecule has 0 aromatic heterocycles. The fourth-order valence-corrected chi connectivity index (χ4v) is 7.75. The lowest BCUT2D eigenvalue weighted by Gasteiger charge is -2.39. The second-order valence-electron chi connectivity index (χ2n) is 13.3. The molecular formula is C35H40F8O. The third kappa shape index (κ3) is 7.97. The molecule has 0 N–H and O–H groups in total. The molecule has 0 aliphatic heterocycles. The molecule has 2 aromatic rings. The third-order valence-electron chi connectivity index (χ3n) is 10.4. The van der Waals surface area contributed by atoms with E-state index in [0.29, 0.717) is 36.8 Å². The second kappa shape index (κ2) is 13.4. The van der Waals surface area contributed by atoms with Crippen LogP contribution in [-0.4, -0.2) is 12.3 Å². The van der Waals surface area contributed by atoms with E-state index in [1.807, 2.05) is 6.07 Å². The van der Waals surface area contributed by atoms with Gasteiger partial charge in [0.15, 0.2) is 0 Å². The maximum atomic E-state index is 15.2. The first-order valence-corrected chi connectivity index (χ1v) is 15.9. The molecule has 1 nitrogen and oxygen atoms in total. The minimum atomic E-state index is -4.78. The highest BCUT2D eigenvalue weighted by Gasteiger charge is 2.45. The summed E-state index contributed by atoms with van der Waals surface area (Å²) in [4.78, 5) is 0. The maximum Gasteiger partial charge on any atom is 0.409 e. The van der Waals surface area contributed by atoms with Crippen molar-refractivity contribution in [2.45, 2.75) is 108 Å². The molecule has 3 saturated carbocycles. The van der Waals surface area contributed by atoms with Crippen molar-refractivity contribution in [2.75, 3.05) is 0 Å². The van der Waals surface area contributed by atoms with Crippen LogP contribution in [0.4, 0.5) is 35.1 Å². The average molecular weight is 629 g/mol. The predicted molar refractivity (Wildman–Crippen MR) is 154 cm³/mol. The number of halogens is 8. The fraction of sp³-hybridized carbons (Fsp3) is 0.600. The average Bonchev–Trinajstić information content (AvgIpc) is 2.96. The predicted octanol–water partition coefficient (Wildman–Crippen LogP) is 11.7. The van der Waals surface area contributed by atoms with E-state index < -0.39 is 41.2 Å². The number of hydrogen-bond donors (Lipinski definition) is 0. The van der Waals surface area contributed by atoms with Crippen LogP contribution in [0.25, 0.3) is 6.08 Å². The molecule has 242 valence electrons. The van der Waals surface area contributed by atoms with Gasteiger partial charge in [0.05, 0.1) is 5.92 Å². The van der Waals surface area contributed by atoms with Crippen LogP contribution in [0.1, 0.15) is 112 Å². The molecule has 0 heterocycles. The number of ether oxygens (including phenoxy) is 1. The van der Waals surface area contributed by atoms with E-state index in [2.05, 4.69) is 13.0 Å². The summed E-state index contributed by atoms with van der Waals surface area (Å²) < 4.78 is 115. The number of benzene rings is 2. The molecule has 9 heteroatoms. The molecule has 3 fully saturated rings. The van der Waals surface area contributed by atoms with Crippen LogP contribution in [0.2, 0.25) is 0 Å². The summed E-state index contributed by atoms with van der Waals surface area (Å²) in [6, 6.07) is 6.78. The van der Waals surface area contributed by atoms with Gasteiger partial charge in [0, 0.05) is 23.8 Å². The number of allylic oxidation sites excluding steroid dienone is 1. The van der Waals surface area contributed by atoms with Gasteiger partial charge in [-0.15, -0.1) is 0 Å². The Labute approximate surface area is 254 Å². The van der Waals surface area contributed by atoms with Crippen LogP contribution in [0.15, 0.2) is 36.4 Å². The van der Waals surface area contributed by atoms with Crippen LogP contribution in [-0.2, 0) is 0 Å². The summed E-state index contributed by atoms with van der Waals surface area (Å²) in [5.74, 6) is -2.88. The standard InChI is InChI=1S/C35H40F8O/c1-21-2-4-24(5-3-21)26-12-15-29(31(36)18-26)25-8-6-22(7-9-25)23-10-13-27(14-11-23)35(42,43)44-28-19-32(37)30(33(38)20-28)16-17-34(39,40)41/h12,15-25,27H,2-11,13-14H2,1H3/b17-16+. The van der Waals surface area contributed by atoms with E-state index in [0.717, 1.165) is 55.6 Å². The third-order valence-corrected chi connectivity index (χ3v) is 10.4. The van der Waals surface area contributed by atoms with E-state index in [1.165, 1.54) is 12.8 Å². The molecule has 3 aliphatic rings. The van der Waals surface area contributed by atoms with Gasteiger partial charge in [0.25, 0.3) is 0 Å². The summed E-state index contributed by atoms with van der Waals surface area (Å²) in [6.07, 6.45) is 1.11. The SMILES string of the molecule is CC1CCC(c2ccc(C3CCC(C4CCC(C(F)(F)Oc5cc(F)c(/C=C/C(F)(F)F)c(F)c5)CC4)CC3)c(F)c2)CC1. The van der Waals surface area contributed by atoms with Crippen molar-refractivity contribution in [1.82, 2.24) is 0 Å². The highest BCUT2D eigenvalue weighted by atomic mass is 19.4. The van der Waals surface area contributed by atoms with Gasteiger partial charge in [0.2, 0.25) is 0 Å². The molecular weight excluding hydrogens is 588 g/mol. The molecule has 0 atom stereocenters. The molecule has 0 amide bonds. The van der Waals surface area contributed by atoms with E-state index >= 15 is 13.2 Å². The normalized spacial score (nSPS) is 28.8. The van der Waals surface area contributed by atoms with Gasteiger partial charge in [-0.2, -0.15) is 22.0 Å². The van der Waals surface area contributed by atoms with E-state index in [4.69, 9.17) is 4.74 Å². The Morgan fingerprint density at radius 1 is 0.659 bits per heavy atom. The Hall–Kier alpha value is -2.58. The van der Waals surface area contributed by atoms with Crippen LogP contribution in [0, 0.1) is 41.1 Å². The molecule has 0 unspecified atom stereocenters. The number of hydrogen-bond acceptors (Lipinski definition) is 1. The minimum Gasteiger partial charge on any atom is -0.432 e. The molecule has 0 bridgehead atoms.